The van der Waals surface area contributed by atoms with Gasteiger partial charge in [0.2, 0.25) is 0 Å². The summed E-state index contributed by atoms with van der Waals surface area (Å²) in [5.74, 6) is -0.103. The summed E-state index contributed by atoms with van der Waals surface area (Å²) in [4.78, 5) is 42.4. The molecule has 1 aliphatic heterocycles. The summed E-state index contributed by atoms with van der Waals surface area (Å²) in [5.41, 5.74) is 0.899. The Morgan fingerprint density at radius 2 is 2.00 bits per heavy atom. The van der Waals surface area contributed by atoms with Crippen LogP contribution in [0.1, 0.15) is 31.2 Å². The van der Waals surface area contributed by atoms with Crippen LogP contribution in [0.5, 0.6) is 5.75 Å². The van der Waals surface area contributed by atoms with Crippen molar-refractivity contribution in [3.63, 3.8) is 0 Å². The molecule has 1 N–H and O–H groups in total. The third kappa shape index (κ3) is 4.89. The van der Waals surface area contributed by atoms with Crippen LogP contribution < -0.4 is 14.9 Å². The van der Waals surface area contributed by atoms with Gasteiger partial charge in [0.05, 0.1) is 32.4 Å². The van der Waals surface area contributed by atoms with Crippen LogP contribution in [0.3, 0.4) is 0 Å². The molecule has 0 amide bonds. The molecular weight excluding hydrogens is 546 g/mol. The minimum Gasteiger partial charge on any atom is -0.508 e. The van der Waals surface area contributed by atoms with Crippen molar-refractivity contribution in [1.82, 2.24) is 4.57 Å². The van der Waals surface area contributed by atoms with E-state index in [-0.39, 0.29) is 45.7 Å². The third-order valence-corrected chi connectivity index (χ3v) is 7.34. The van der Waals surface area contributed by atoms with E-state index in [0.717, 1.165) is 11.3 Å². The number of furan rings is 1. The Morgan fingerprint density at radius 1 is 1.26 bits per heavy atom. The molecule has 0 fully saturated rings. The highest BCUT2D eigenvalue weighted by molar-refractivity contribution is 7.07. The molecule has 39 heavy (non-hydrogen) atoms. The number of carbonyl (C=O) groups is 1. The maximum Gasteiger partial charge on any atom is 0.338 e. The van der Waals surface area contributed by atoms with E-state index in [1.54, 1.807) is 44.2 Å². The predicted molar refractivity (Wildman–Crippen MR) is 144 cm³/mol. The van der Waals surface area contributed by atoms with Crippen LogP contribution in [0.4, 0.5) is 5.69 Å². The predicted octanol–water partition coefficient (Wildman–Crippen LogP) is 4.33. The zero-order valence-electron chi connectivity index (χ0n) is 20.6. The number of esters is 1. The number of nitrogens with zero attached hydrogens (tertiary/aromatic N) is 3. The van der Waals surface area contributed by atoms with Gasteiger partial charge in [-0.2, -0.15) is 0 Å². The maximum atomic E-state index is 13.7. The van der Waals surface area contributed by atoms with Crippen LogP contribution in [0.25, 0.3) is 17.4 Å². The van der Waals surface area contributed by atoms with Gasteiger partial charge in [0.1, 0.15) is 23.3 Å². The molecule has 4 aromatic rings. The first-order chi connectivity index (χ1) is 18.7. The van der Waals surface area contributed by atoms with Crippen LogP contribution in [-0.2, 0) is 9.53 Å². The number of aromatic hydroxyl groups is 1. The van der Waals surface area contributed by atoms with E-state index < -0.39 is 22.5 Å². The van der Waals surface area contributed by atoms with Gasteiger partial charge in [-0.3, -0.25) is 19.5 Å². The molecule has 0 radical (unpaired) electrons. The summed E-state index contributed by atoms with van der Waals surface area (Å²) < 4.78 is 13.1. The Hall–Kier alpha value is -4.48. The standard InChI is InChI=1S/C27H20ClN3O7S/c1-3-37-26(34)23-14(2)29-27-30(25(33)22(39-27)12-15-4-7-17(32)8-5-15)24(23)21-11-10-20(38-21)18-13-16(31(35)36)6-9-19(18)28/h4-13,24,32H,3H2,1-2H3/b22-12-/t24-/m0/s1. The van der Waals surface area contributed by atoms with Gasteiger partial charge in [0.15, 0.2) is 4.80 Å². The first-order valence-corrected chi connectivity index (χ1v) is 12.9. The molecule has 0 aliphatic carbocycles. The summed E-state index contributed by atoms with van der Waals surface area (Å²) in [5, 5.41) is 21.1. The lowest BCUT2D eigenvalue weighted by atomic mass is 10.0. The van der Waals surface area contributed by atoms with E-state index in [4.69, 9.17) is 20.8 Å². The summed E-state index contributed by atoms with van der Waals surface area (Å²) in [6, 6.07) is 12.5. The highest BCUT2D eigenvalue weighted by Crippen LogP contribution is 2.37. The highest BCUT2D eigenvalue weighted by Gasteiger charge is 2.35. The number of nitro benzene ring substituents is 1. The number of rotatable bonds is 6. The van der Waals surface area contributed by atoms with Crippen molar-refractivity contribution in [1.29, 1.82) is 0 Å². The number of phenolic OH excluding ortho intramolecular Hbond substituents is 1. The number of phenols is 1. The number of benzene rings is 2. The minimum absolute atomic E-state index is 0.0980. The van der Waals surface area contributed by atoms with Gasteiger partial charge in [-0.05, 0) is 55.8 Å². The summed E-state index contributed by atoms with van der Waals surface area (Å²) in [7, 11) is 0. The van der Waals surface area contributed by atoms with Gasteiger partial charge in [-0.1, -0.05) is 35.1 Å². The fourth-order valence-corrected chi connectivity index (χ4v) is 5.50. The Morgan fingerprint density at radius 3 is 2.69 bits per heavy atom. The van der Waals surface area contributed by atoms with E-state index in [9.17, 15) is 24.8 Å². The molecule has 2 aromatic heterocycles. The SMILES string of the molecule is CCOC(=O)C1=C(C)N=c2s/c(=C\c3ccc(O)cc3)c(=O)n2[C@H]1c1ccc(-c2cc([N+](=O)[O-])ccc2Cl)o1. The third-order valence-electron chi connectivity index (χ3n) is 6.03. The molecule has 10 nitrogen and oxygen atoms in total. The summed E-state index contributed by atoms with van der Waals surface area (Å²) in [6.45, 7) is 3.43. The van der Waals surface area contributed by atoms with Crippen molar-refractivity contribution < 1.29 is 24.0 Å². The number of nitro groups is 1. The first-order valence-electron chi connectivity index (χ1n) is 11.7. The molecule has 1 atom stereocenters. The maximum absolute atomic E-state index is 13.7. The van der Waals surface area contributed by atoms with Crippen molar-refractivity contribution in [2.75, 3.05) is 6.61 Å². The number of fused-ring (bicyclic) bond motifs is 1. The van der Waals surface area contributed by atoms with Crippen molar-refractivity contribution in [3.8, 4) is 17.1 Å². The van der Waals surface area contributed by atoms with Crippen LogP contribution in [0.2, 0.25) is 5.02 Å². The molecule has 3 heterocycles. The number of aromatic nitrogens is 1. The normalized spacial score (nSPS) is 15.2. The summed E-state index contributed by atoms with van der Waals surface area (Å²) in [6.07, 6.45) is 1.67. The molecule has 12 heteroatoms. The fourth-order valence-electron chi connectivity index (χ4n) is 4.24. The minimum atomic E-state index is -1.01. The molecule has 0 unspecified atom stereocenters. The average molecular weight is 566 g/mol. The second kappa shape index (κ2) is 10.4. The molecular formula is C27H20ClN3O7S. The molecule has 0 bridgehead atoms. The van der Waals surface area contributed by atoms with E-state index in [0.29, 0.717) is 20.6 Å². The Labute approximate surface area is 229 Å². The smallest absolute Gasteiger partial charge is 0.338 e. The Bertz CT molecular complexity index is 1830. The van der Waals surface area contributed by atoms with Gasteiger partial charge < -0.3 is 14.3 Å². The Kier molecular flexibility index (Phi) is 6.94. The summed E-state index contributed by atoms with van der Waals surface area (Å²) >= 11 is 7.46. The lowest BCUT2D eigenvalue weighted by Crippen LogP contribution is -2.39. The molecule has 5 rings (SSSR count). The number of ether oxygens (including phenoxy) is 1. The van der Waals surface area contributed by atoms with Gasteiger partial charge in [0.25, 0.3) is 11.2 Å². The first kappa shape index (κ1) is 26.1. The number of hydrogen-bond acceptors (Lipinski definition) is 9. The van der Waals surface area contributed by atoms with Crippen LogP contribution in [0, 0.1) is 10.1 Å². The second-order valence-electron chi connectivity index (χ2n) is 8.52. The lowest BCUT2D eigenvalue weighted by Gasteiger charge is -2.22. The number of carbonyl (C=O) groups excluding carboxylic acids is 1. The largest absolute Gasteiger partial charge is 0.508 e. The van der Waals surface area contributed by atoms with Crippen molar-refractivity contribution >= 4 is 40.7 Å². The number of thiazole rings is 1. The van der Waals surface area contributed by atoms with Gasteiger partial charge in [-0.15, -0.1) is 0 Å². The molecule has 0 spiro atoms. The zero-order chi connectivity index (χ0) is 27.8. The topological polar surface area (TPSA) is 137 Å². The number of halogens is 1. The monoisotopic (exact) mass is 565 g/mol. The molecule has 198 valence electrons. The number of non-ortho nitro benzene ring substituents is 1. The van der Waals surface area contributed by atoms with E-state index in [1.165, 1.54) is 34.9 Å². The molecule has 1 aliphatic rings. The van der Waals surface area contributed by atoms with Crippen LogP contribution in [0.15, 0.2) is 80.1 Å². The highest BCUT2D eigenvalue weighted by atomic mass is 35.5. The fraction of sp³-hybridized carbons (Fsp3) is 0.148. The molecule has 2 aromatic carbocycles. The average Bonchev–Trinajstić information content (AvgIpc) is 3.50. The van der Waals surface area contributed by atoms with Gasteiger partial charge in [-0.25, -0.2) is 9.79 Å². The van der Waals surface area contributed by atoms with E-state index in [1.807, 2.05) is 0 Å². The Balaban J connectivity index is 1.69. The zero-order valence-corrected chi connectivity index (χ0v) is 22.2. The molecule has 0 saturated heterocycles. The van der Waals surface area contributed by atoms with Crippen LogP contribution in [-0.4, -0.2) is 27.2 Å². The van der Waals surface area contributed by atoms with Gasteiger partial charge in [0, 0.05) is 17.7 Å². The van der Waals surface area contributed by atoms with Crippen molar-refractivity contribution in [2.24, 2.45) is 4.99 Å². The van der Waals surface area contributed by atoms with E-state index >= 15 is 0 Å². The lowest BCUT2D eigenvalue weighted by molar-refractivity contribution is -0.384. The van der Waals surface area contributed by atoms with Crippen molar-refractivity contribution in [2.45, 2.75) is 19.9 Å². The quantitative estimate of drug-likeness (QED) is 0.209. The number of allylic oxidation sites excluding steroid dienone is 1. The second-order valence-corrected chi connectivity index (χ2v) is 9.93. The van der Waals surface area contributed by atoms with Crippen LogP contribution >= 0.6 is 22.9 Å². The van der Waals surface area contributed by atoms with E-state index in [2.05, 4.69) is 4.99 Å². The number of hydrogen-bond donors (Lipinski definition) is 1. The van der Waals surface area contributed by atoms with Gasteiger partial charge >= 0.3 is 5.97 Å². The molecule has 0 saturated carbocycles. The van der Waals surface area contributed by atoms with Crippen molar-refractivity contribution in [3.05, 3.63) is 112 Å².